The zero-order chi connectivity index (χ0) is 22.9. The van der Waals surface area contributed by atoms with E-state index in [4.69, 9.17) is 0 Å². The van der Waals surface area contributed by atoms with Crippen molar-refractivity contribution < 1.29 is 22.4 Å². The van der Waals surface area contributed by atoms with Crippen LogP contribution in [0.2, 0.25) is 0 Å². The summed E-state index contributed by atoms with van der Waals surface area (Å²) in [6.07, 6.45) is 1.30. The first-order chi connectivity index (χ1) is 15.2. The van der Waals surface area contributed by atoms with Crippen LogP contribution in [0.1, 0.15) is 52.6 Å². The first-order valence-electron chi connectivity index (χ1n) is 10.4. The van der Waals surface area contributed by atoms with Crippen molar-refractivity contribution in [1.29, 1.82) is 0 Å². The lowest BCUT2D eigenvalue weighted by Crippen LogP contribution is -2.39. The summed E-state index contributed by atoms with van der Waals surface area (Å²) in [6.45, 7) is 2.17. The number of amides is 1. The molecule has 6 nitrogen and oxygen atoms in total. The van der Waals surface area contributed by atoms with Crippen molar-refractivity contribution in [2.75, 3.05) is 6.54 Å². The van der Waals surface area contributed by atoms with Gasteiger partial charge in [0, 0.05) is 37.7 Å². The molecule has 32 heavy (non-hydrogen) atoms. The van der Waals surface area contributed by atoms with Crippen molar-refractivity contribution in [3.8, 4) is 11.3 Å². The van der Waals surface area contributed by atoms with Crippen LogP contribution in [0.15, 0.2) is 18.3 Å². The SMILES string of the molecule is C[C@H]1c2nn(C)c(-c3cc(F)c(F)c(F)c3)c2CCN1C(=O)c1cnn(C)c1[C@@H]1C[C@H]1F. The number of rotatable bonds is 3. The van der Waals surface area contributed by atoms with Gasteiger partial charge in [-0.1, -0.05) is 0 Å². The van der Waals surface area contributed by atoms with Crippen LogP contribution in [0, 0.1) is 17.5 Å². The van der Waals surface area contributed by atoms with Crippen LogP contribution >= 0.6 is 0 Å². The number of alkyl halides is 1. The summed E-state index contributed by atoms with van der Waals surface area (Å²) in [4.78, 5) is 15.0. The molecular weight excluding hydrogens is 426 g/mol. The van der Waals surface area contributed by atoms with Crippen LogP contribution in [-0.2, 0) is 20.5 Å². The molecule has 1 saturated carbocycles. The number of carbonyl (C=O) groups excluding carboxylic acids is 1. The summed E-state index contributed by atoms with van der Waals surface area (Å²) in [6, 6.07) is 1.47. The number of fused-ring (bicyclic) bond motifs is 1. The van der Waals surface area contributed by atoms with E-state index in [1.54, 1.807) is 23.7 Å². The predicted molar refractivity (Wildman–Crippen MR) is 107 cm³/mol. The van der Waals surface area contributed by atoms with Gasteiger partial charge in [-0.3, -0.25) is 14.2 Å². The highest BCUT2D eigenvalue weighted by Crippen LogP contribution is 2.45. The van der Waals surface area contributed by atoms with Crippen LogP contribution in [0.5, 0.6) is 0 Å². The molecule has 1 aliphatic carbocycles. The van der Waals surface area contributed by atoms with Gasteiger partial charge in [-0.25, -0.2) is 17.6 Å². The summed E-state index contributed by atoms with van der Waals surface area (Å²) in [5.41, 5.74) is 3.00. The first-order valence-corrected chi connectivity index (χ1v) is 10.4. The lowest BCUT2D eigenvalue weighted by molar-refractivity contribution is 0.0672. The minimum atomic E-state index is -1.52. The van der Waals surface area contributed by atoms with Gasteiger partial charge in [-0.15, -0.1) is 0 Å². The lowest BCUT2D eigenvalue weighted by atomic mass is 9.95. The maximum absolute atomic E-state index is 13.8. The predicted octanol–water partition coefficient (Wildman–Crippen LogP) is 3.82. The molecule has 3 aromatic rings. The normalized spacial score (nSPS) is 22.2. The molecule has 2 aliphatic rings. The van der Waals surface area contributed by atoms with Crippen molar-refractivity contribution in [2.24, 2.45) is 14.1 Å². The average Bonchev–Trinajstić information content (AvgIpc) is 3.16. The fourth-order valence-electron chi connectivity index (χ4n) is 4.73. The van der Waals surface area contributed by atoms with Crippen LogP contribution in [0.25, 0.3) is 11.3 Å². The largest absolute Gasteiger partial charge is 0.330 e. The third-order valence-electron chi connectivity index (χ3n) is 6.44. The van der Waals surface area contributed by atoms with E-state index >= 15 is 0 Å². The van der Waals surface area contributed by atoms with Gasteiger partial charge in [0.2, 0.25) is 0 Å². The Morgan fingerprint density at radius 2 is 1.78 bits per heavy atom. The molecule has 0 N–H and O–H groups in total. The molecule has 0 unspecified atom stereocenters. The van der Waals surface area contributed by atoms with Crippen molar-refractivity contribution in [3.05, 3.63) is 58.3 Å². The van der Waals surface area contributed by atoms with Gasteiger partial charge in [0.25, 0.3) is 5.91 Å². The fraction of sp³-hybridized carbons (Fsp3) is 0.409. The molecule has 5 rings (SSSR count). The summed E-state index contributed by atoms with van der Waals surface area (Å²) in [5, 5.41) is 8.67. The van der Waals surface area contributed by atoms with Gasteiger partial charge >= 0.3 is 0 Å². The number of hydrogen-bond acceptors (Lipinski definition) is 3. The number of aromatic nitrogens is 4. The molecule has 0 radical (unpaired) electrons. The van der Waals surface area contributed by atoms with Gasteiger partial charge in [-0.2, -0.15) is 10.2 Å². The summed E-state index contributed by atoms with van der Waals surface area (Å²) in [5.74, 6) is -4.64. The smallest absolute Gasteiger partial charge is 0.257 e. The maximum Gasteiger partial charge on any atom is 0.257 e. The van der Waals surface area contributed by atoms with Gasteiger partial charge in [0.1, 0.15) is 6.17 Å². The van der Waals surface area contributed by atoms with Gasteiger partial charge in [0.05, 0.1) is 34.9 Å². The highest BCUT2D eigenvalue weighted by Gasteiger charge is 2.44. The van der Waals surface area contributed by atoms with Crippen LogP contribution in [-0.4, -0.2) is 43.1 Å². The first kappa shape index (κ1) is 20.7. The molecule has 168 valence electrons. The zero-order valence-electron chi connectivity index (χ0n) is 17.7. The molecule has 1 fully saturated rings. The number of halogens is 4. The summed E-state index contributed by atoms with van der Waals surface area (Å²) < 4.78 is 57.9. The second-order valence-electron chi connectivity index (χ2n) is 8.44. The van der Waals surface area contributed by atoms with E-state index in [0.29, 0.717) is 42.0 Å². The topological polar surface area (TPSA) is 56.0 Å². The van der Waals surface area contributed by atoms with E-state index in [9.17, 15) is 22.4 Å². The number of hydrogen-bond donors (Lipinski definition) is 0. The van der Waals surface area contributed by atoms with Crippen LogP contribution < -0.4 is 0 Å². The molecule has 2 aromatic heterocycles. The molecule has 1 amide bonds. The zero-order valence-corrected chi connectivity index (χ0v) is 17.7. The molecule has 3 heterocycles. The number of nitrogens with zero attached hydrogens (tertiary/aromatic N) is 5. The van der Waals surface area contributed by atoms with E-state index in [1.165, 1.54) is 10.9 Å². The Morgan fingerprint density at radius 3 is 2.41 bits per heavy atom. The Hall–Kier alpha value is -3.17. The van der Waals surface area contributed by atoms with E-state index in [1.807, 2.05) is 6.92 Å². The minimum absolute atomic E-state index is 0.182. The summed E-state index contributed by atoms with van der Waals surface area (Å²) in [7, 11) is 3.33. The van der Waals surface area contributed by atoms with Crippen molar-refractivity contribution in [1.82, 2.24) is 24.5 Å². The minimum Gasteiger partial charge on any atom is -0.330 e. The van der Waals surface area contributed by atoms with E-state index < -0.39 is 29.7 Å². The van der Waals surface area contributed by atoms with Crippen molar-refractivity contribution in [2.45, 2.75) is 37.9 Å². The third kappa shape index (κ3) is 3.03. The van der Waals surface area contributed by atoms with E-state index in [0.717, 1.165) is 17.7 Å². The molecule has 0 bridgehead atoms. The van der Waals surface area contributed by atoms with Crippen molar-refractivity contribution >= 4 is 5.91 Å². The second-order valence-corrected chi connectivity index (χ2v) is 8.44. The number of carbonyl (C=O) groups is 1. The Labute approximate surface area is 181 Å². The maximum atomic E-state index is 13.8. The third-order valence-corrected chi connectivity index (χ3v) is 6.44. The molecule has 0 spiro atoms. The quantitative estimate of drug-likeness (QED) is 0.453. The number of benzene rings is 1. The van der Waals surface area contributed by atoms with Gasteiger partial charge < -0.3 is 4.90 Å². The Kier molecular flexibility index (Phi) is 4.65. The molecule has 1 aromatic carbocycles. The second kappa shape index (κ2) is 7.18. The van der Waals surface area contributed by atoms with Gasteiger partial charge in [-0.05, 0) is 31.9 Å². The Morgan fingerprint density at radius 1 is 1.12 bits per heavy atom. The molecule has 1 aliphatic heterocycles. The molecule has 10 heteroatoms. The monoisotopic (exact) mass is 447 g/mol. The molecule has 0 saturated heterocycles. The number of aryl methyl sites for hydroxylation is 2. The summed E-state index contributed by atoms with van der Waals surface area (Å²) >= 11 is 0. The fourth-order valence-corrected chi connectivity index (χ4v) is 4.73. The highest BCUT2D eigenvalue weighted by molar-refractivity contribution is 5.96. The lowest BCUT2D eigenvalue weighted by Gasteiger charge is -2.33. The molecular formula is C22H21F4N5O. The van der Waals surface area contributed by atoms with E-state index in [-0.39, 0.29) is 17.4 Å². The average molecular weight is 447 g/mol. The van der Waals surface area contributed by atoms with Gasteiger partial charge in [0.15, 0.2) is 17.5 Å². The van der Waals surface area contributed by atoms with Crippen molar-refractivity contribution in [3.63, 3.8) is 0 Å². The molecule has 3 atom stereocenters. The van der Waals surface area contributed by atoms with Crippen LogP contribution in [0.4, 0.5) is 17.6 Å². The Bertz CT molecular complexity index is 1230. The van der Waals surface area contributed by atoms with E-state index in [2.05, 4.69) is 10.2 Å². The van der Waals surface area contributed by atoms with Crippen LogP contribution in [0.3, 0.4) is 0 Å². The Balaban J connectivity index is 1.50. The highest BCUT2D eigenvalue weighted by atomic mass is 19.2. The standard InChI is InChI=1S/C22H21F4N5O/c1-10-19-12(20(30(3)28-19)11-6-16(24)18(26)17(25)7-11)4-5-31(10)22(32)14-9-27-29(2)21(14)13-8-15(13)23/h6-7,9-10,13,15H,4-5,8H2,1-3H3/t10-,13+,15+/m0/s1.